The number of carbonyl (C=O) groups is 1. The molecule has 0 amide bonds. The third-order valence-electron chi connectivity index (χ3n) is 2.39. The SMILES string of the molecule is Cc1cccc(S(=O)(=O)NC[C@@H](O)C(=O)O)c1C#N. The zero-order valence-corrected chi connectivity index (χ0v) is 10.8. The lowest BCUT2D eigenvalue weighted by Gasteiger charge is -2.10. The van der Waals surface area contributed by atoms with Gasteiger partial charge < -0.3 is 10.2 Å². The average Bonchev–Trinajstić information content (AvgIpc) is 2.35. The van der Waals surface area contributed by atoms with Crippen LogP contribution in [-0.4, -0.2) is 37.2 Å². The van der Waals surface area contributed by atoms with Gasteiger partial charge in [0.1, 0.15) is 6.07 Å². The summed E-state index contributed by atoms with van der Waals surface area (Å²) in [6.07, 6.45) is -1.84. The Morgan fingerprint density at radius 3 is 2.68 bits per heavy atom. The normalized spacial score (nSPS) is 12.7. The fraction of sp³-hybridized carbons (Fsp3) is 0.273. The van der Waals surface area contributed by atoms with Gasteiger partial charge in [-0.2, -0.15) is 5.26 Å². The maximum absolute atomic E-state index is 11.9. The maximum atomic E-state index is 11.9. The Morgan fingerprint density at radius 2 is 2.16 bits per heavy atom. The predicted octanol–water partition coefficient (Wildman–Crippen LogP) is -0.410. The van der Waals surface area contributed by atoms with Crippen molar-refractivity contribution in [2.75, 3.05) is 6.54 Å². The Balaban J connectivity index is 3.06. The molecular formula is C11H12N2O5S. The van der Waals surface area contributed by atoms with Gasteiger partial charge in [0.2, 0.25) is 10.0 Å². The molecule has 0 aliphatic rings. The standard InChI is InChI=1S/C11H12N2O5S/c1-7-3-2-4-10(8(7)5-12)19(17,18)13-6-9(14)11(15)16/h2-4,9,13-14H,6H2,1H3,(H,15,16)/t9-/m1/s1. The Labute approximate surface area is 110 Å². The summed E-state index contributed by atoms with van der Waals surface area (Å²) >= 11 is 0. The lowest BCUT2D eigenvalue weighted by atomic mass is 10.1. The topological polar surface area (TPSA) is 127 Å². The number of aliphatic hydroxyl groups excluding tert-OH is 1. The van der Waals surface area contributed by atoms with Crippen LogP contribution in [0.4, 0.5) is 0 Å². The van der Waals surface area contributed by atoms with Crippen LogP contribution in [0.1, 0.15) is 11.1 Å². The molecule has 0 saturated carbocycles. The van der Waals surface area contributed by atoms with E-state index in [-0.39, 0.29) is 10.5 Å². The summed E-state index contributed by atoms with van der Waals surface area (Å²) in [5.74, 6) is -1.53. The number of carboxylic acids is 1. The number of nitriles is 1. The Hall–Kier alpha value is -1.95. The summed E-state index contributed by atoms with van der Waals surface area (Å²) in [5.41, 5.74) is 0.476. The molecule has 8 heteroatoms. The number of aryl methyl sites for hydroxylation is 1. The number of carboxylic acid groups (broad SMARTS) is 1. The molecule has 0 fully saturated rings. The van der Waals surface area contributed by atoms with Crippen LogP contribution in [0.3, 0.4) is 0 Å². The number of aliphatic carboxylic acids is 1. The van der Waals surface area contributed by atoms with E-state index < -0.39 is 28.6 Å². The highest BCUT2D eigenvalue weighted by Gasteiger charge is 2.22. The maximum Gasteiger partial charge on any atom is 0.333 e. The fourth-order valence-corrected chi connectivity index (χ4v) is 2.63. The third-order valence-corrected chi connectivity index (χ3v) is 3.85. The minimum Gasteiger partial charge on any atom is -0.479 e. The van der Waals surface area contributed by atoms with Gasteiger partial charge in [-0.25, -0.2) is 17.9 Å². The van der Waals surface area contributed by atoms with Crippen molar-refractivity contribution >= 4 is 16.0 Å². The number of aliphatic hydroxyl groups is 1. The largest absolute Gasteiger partial charge is 0.479 e. The number of rotatable bonds is 5. The molecule has 1 aromatic carbocycles. The van der Waals surface area contributed by atoms with Crippen LogP contribution >= 0.6 is 0 Å². The van der Waals surface area contributed by atoms with E-state index in [2.05, 4.69) is 0 Å². The summed E-state index contributed by atoms with van der Waals surface area (Å²) in [5, 5.41) is 26.4. The molecule has 1 atom stereocenters. The lowest BCUT2D eigenvalue weighted by molar-refractivity contribution is -0.146. The van der Waals surface area contributed by atoms with E-state index in [4.69, 9.17) is 15.5 Å². The molecule has 0 aliphatic heterocycles. The first-order valence-corrected chi connectivity index (χ1v) is 6.68. The van der Waals surface area contributed by atoms with E-state index in [1.165, 1.54) is 12.1 Å². The first-order chi connectivity index (χ1) is 8.79. The fourth-order valence-electron chi connectivity index (χ4n) is 1.36. The van der Waals surface area contributed by atoms with E-state index >= 15 is 0 Å². The summed E-state index contributed by atoms with van der Waals surface area (Å²) in [4.78, 5) is 10.1. The first kappa shape index (κ1) is 15.1. The van der Waals surface area contributed by atoms with Crippen molar-refractivity contribution in [3.8, 4) is 6.07 Å². The molecule has 0 heterocycles. The van der Waals surface area contributed by atoms with Crippen LogP contribution in [0, 0.1) is 18.3 Å². The second kappa shape index (κ2) is 5.79. The minimum absolute atomic E-state index is 0.0141. The highest BCUT2D eigenvalue weighted by atomic mass is 32.2. The number of hydrogen-bond donors (Lipinski definition) is 3. The van der Waals surface area contributed by atoms with Crippen molar-refractivity contribution in [3.05, 3.63) is 29.3 Å². The first-order valence-electron chi connectivity index (χ1n) is 5.20. The Bertz CT molecular complexity index is 633. The van der Waals surface area contributed by atoms with E-state index in [1.807, 2.05) is 4.72 Å². The summed E-state index contributed by atoms with van der Waals surface area (Å²) in [7, 11) is -4.05. The molecule has 0 bridgehead atoms. The van der Waals surface area contributed by atoms with Gasteiger partial charge in [0.25, 0.3) is 0 Å². The highest BCUT2D eigenvalue weighted by molar-refractivity contribution is 7.89. The third kappa shape index (κ3) is 3.51. The van der Waals surface area contributed by atoms with Crippen molar-refractivity contribution in [3.63, 3.8) is 0 Å². The molecule has 0 radical (unpaired) electrons. The van der Waals surface area contributed by atoms with Gasteiger partial charge in [-0.3, -0.25) is 0 Å². The molecule has 0 aliphatic carbocycles. The number of sulfonamides is 1. The molecule has 7 nitrogen and oxygen atoms in total. The van der Waals surface area contributed by atoms with E-state index in [0.717, 1.165) is 0 Å². The monoisotopic (exact) mass is 284 g/mol. The number of benzene rings is 1. The van der Waals surface area contributed by atoms with Crippen LogP contribution < -0.4 is 4.72 Å². The molecule has 0 spiro atoms. The van der Waals surface area contributed by atoms with Gasteiger partial charge in [-0.05, 0) is 18.6 Å². The second-order valence-electron chi connectivity index (χ2n) is 3.77. The van der Waals surface area contributed by atoms with E-state index in [0.29, 0.717) is 5.56 Å². The summed E-state index contributed by atoms with van der Waals surface area (Å²) in [6.45, 7) is 0.917. The van der Waals surface area contributed by atoms with Gasteiger partial charge in [0.15, 0.2) is 6.10 Å². The van der Waals surface area contributed by atoms with Gasteiger partial charge in [0, 0.05) is 6.54 Å². The van der Waals surface area contributed by atoms with Crippen LogP contribution in [0.5, 0.6) is 0 Å². The average molecular weight is 284 g/mol. The number of hydrogen-bond acceptors (Lipinski definition) is 5. The van der Waals surface area contributed by atoms with E-state index in [9.17, 15) is 13.2 Å². The van der Waals surface area contributed by atoms with E-state index in [1.54, 1.807) is 19.1 Å². The van der Waals surface area contributed by atoms with Crippen LogP contribution in [0.2, 0.25) is 0 Å². The van der Waals surface area contributed by atoms with Crippen molar-refractivity contribution in [2.24, 2.45) is 0 Å². The molecule has 0 aromatic heterocycles. The molecular weight excluding hydrogens is 272 g/mol. The van der Waals surface area contributed by atoms with Crippen LogP contribution in [-0.2, 0) is 14.8 Å². The van der Waals surface area contributed by atoms with Crippen molar-refractivity contribution in [2.45, 2.75) is 17.9 Å². The minimum atomic E-state index is -4.05. The van der Waals surface area contributed by atoms with Gasteiger partial charge in [-0.15, -0.1) is 0 Å². The van der Waals surface area contributed by atoms with Gasteiger partial charge in [0.05, 0.1) is 10.5 Å². The molecule has 3 N–H and O–H groups in total. The Kier molecular flexibility index (Phi) is 4.61. The van der Waals surface area contributed by atoms with Crippen molar-refractivity contribution in [1.29, 1.82) is 5.26 Å². The highest BCUT2D eigenvalue weighted by Crippen LogP contribution is 2.18. The second-order valence-corrected chi connectivity index (χ2v) is 5.50. The Morgan fingerprint density at radius 1 is 1.53 bits per heavy atom. The number of nitrogens with zero attached hydrogens (tertiary/aromatic N) is 1. The zero-order chi connectivity index (χ0) is 14.6. The van der Waals surface area contributed by atoms with Gasteiger partial charge >= 0.3 is 5.97 Å². The summed E-state index contributed by atoms with van der Waals surface area (Å²) < 4.78 is 25.8. The van der Waals surface area contributed by atoms with Crippen molar-refractivity contribution < 1.29 is 23.4 Å². The lowest BCUT2D eigenvalue weighted by Crippen LogP contribution is -2.36. The molecule has 19 heavy (non-hydrogen) atoms. The van der Waals surface area contributed by atoms with Crippen LogP contribution in [0.15, 0.2) is 23.1 Å². The molecule has 102 valence electrons. The molecule has 1 aromatic rings. The van der Waals surface area contributed by atoms with Gasteiger partial charge in [-0.1, -0.05) is 12.1 Å². The zero-order valence-electron chi connectivity index (χ0n) is 9.99. The predicted molar refractivity (Wildman–Crippen MR) is 64.7 cm³/mol. The molecule has 0 saturated heterocycles. The summed E-state index contributed by atoms with van der Waals surface area (Å²) in [6, 6.07) is 6.08. The quantitative estimate of drug-likeness (QED) is 0.674. The van der Waals surface area contributed by atoms with Crippen LogP contribution in [0.25, 0.3) is 0 Å². The smallest absolute Gasteiger partial charge is 0.333 e. The van der Waals surface area contributed by atoms with Crippen molar-refractivity contribution in [1.82, 2.24) is 4.72 Å². The molecule has 1 rings (SSSR count). The molecule has 0 unspecified atom stereocenters. The number of nitrogens with one attached hydrogen (secondary N) is 1.